The van der Waals surface area contributed by atoms with Crippen LogP contribution in [0.3, 0.4) is 0 Å². The van der Waals surface area contributed by atoms with E-state index in [0.717, 1.165) is 45.7 Å². The highest BCUT2D eigenvalue weighted by atomic mass is 16.5. The molecule has 4 nitrogen and oxygen atoms in total. The van der Waals surface area contributed by atoms with Crippen molar-refractivity contribution < 1.29 is 4.74 Å². The Morgan fingerprint density at radius 3 is 2.88 bits per heavy atom. The summed E-state index contributed by atoms with van der Waals surface area (Å²) in [5.74, 6) is 0.514. The molecule has 2 fully saturated rings. The summed E-state index contributed by atoms with van der Waals surface area (Å²) >= 11 is 0. The molecule has 2 rings (SSSR count). The molecule has 2 unspecified atom stereocenters. The predicted octanol–water partition coefficient (Wildman–Crippen LogP) is 0.991. The number of hydrogen-bond acceptors (Lipinski definition) is 4. The lowest BCUT2D eigenvalue weighted by molar-refractivity contribution is 0.0344. The summed E-state index contributed by atoms with van der Waals surface area (Å²) in [6.07, 6.45) is 4.52. The largest absolute Gasteiger partial charge is 0.379 e. The molecule has 1 aliphatic heterocycles. The maximum absolute atomic E-state index is 9.38. The summed E-state index contributed by atoms with van der Waals surface area (Å²) in [4.78, 5) is 2.46. The zero-order valence-electron chi connectivity index (χ0n) is 10.7. The minimum absolute atomic E-state index is 0.258. The van der Waals surface area contributed by atoms with Crippen LogP contribution >= 0.6 is 0 Å². The highest BCUT2D eigenvalue weighted by molar-refractivity contribution is 5.13. The second-order valence-electron chi connectivity index (χ2n) is 5.16. The number of nitriles is 1. The van der Waals surface area contributed by atoms with Crippen LogP contribution in [0.2, 0.25) is 0 Å². The molecular formula is C13H23N3O. The second kappa shape index (κ2) is 5.81. The van der Waals surface area contributed by atoms with Gasteiger partial charge in [-0.15, -0.1) is 0 Å². The van der Waals surface area contributed by atoms with Crippen molar-refractivity contribution in [1.29, 1.82) is 5.26 Å². The minimum Gasteiger partial charge on any atom is -0.379 e. The normalized spacial score (nSPS) is 34.7. The van der Waals surface area contributed by atoms with Gasteiger partial charge in [-0.2, -0.15) is 5.26 Å². The van der Waals surface area contributed by atoms with Gasteiger partial charge in [0.15, 0.2) is 0 Å². The SMILES string of the molecule is CNC1(C#N)CCCC1CCN1CCOCC1. The van der Waals surface area contributed by atoms with E-state index in [4.69, 9.17) is 4.74 Å². The van der Waals surface area contributed by atoms with Crippen molar-refractivity contribution in [1.82, 2.24) is 10.2 Å². The van der Waals surface area contributed by atoms with Crippen LogP contribution in [0.4, 0.5) is 0 Å². The maximum Gasteiger partial charge on any atom is 0.109 e. The van der Waals surface area contributed by atoms with Gasteiger partial charge in [-0.3, -0.25) is 4.90 Å². The van der Waals surface area contributed by atoms with Crippen LogP contribution in [-0.2, 0) is 4.74 Å². The van der Waals surface area contributed by atoms with Crippen LogP contribution < -0.4 is 5.32 Å². The highest BCUT2D eigenvalue weighted by Gasteiger charge is 2.41. The number of morpholine rings is 1. The van der Waals surface area contributed by atoms with Crippen LogP contribution in [-0.4, -0.2) is 50.3 Å². The summed E-state index contributed by atoms with van der Waals surface area (Å²) in [5.41, 5.74) is -0.258. The van der Waals surface area contributed by atoms with Gasteiger partial charge in [0.2, 0.25) is 0 Å². The zero-order chi connectivity index (χ0) is 12.1. The van der Waals surface area contributed by atoms with Crippen molar-refractivity contribution in [2.24, 2.45) is 5.92 Å². The Kier molecular flexibility index (Phi) is 4.38. The van der Waals surface area contributed by atoms with Crippen LogP contribution in [0.1, 0.15) is 25.7 Å². The average Bonchev–Trinajstić information content (AvgIpc) is 2.81. The van der Waals surface area contributed by atoms with E-state index >= 15 is 0 Å². The van der Waals surface area contributed by atoms with E-state index in [-0.39, 0.29) is 5.54 Å². The van der Waals surface area contributed by atoms with Gasteiger partial charge in [0.25, 0.3) is 0 Å². The van der Waals surface area contributed by atoms with Crippen LogP contribution in [0.15, 0.2) is 0 Å². The highest BCUT2D eigenvalue weighted by Crippen LogP contribution is 2.37. The third-order valence-electron chi connectivity index (χ3n) is 4.36. The quantitative estimate of drug-likeness (QED) is 0.792. The van der Waals surface area contributed by atoms with Crippen LogP contribution in [0, 0.1) is 17.2 Å². The maximum atomic E-state index is 9.38. The molecule has 1 saturated heterocycles. The average molecular weight is 237 g/mol. The molecule has 4 heteroatoms. The topological polar surface area (TPSA) is 48.3 Å². The zero-order valence-corrected chi connectivity index (χ0v) is 10.7. The van der Waals surface area contributed by atoms with Gasteiger partial charge < -0.3 is 10.1 Å². The molecule has 0 bridgehead atoms. The fourth-order valence-corrected chi connectivity index (χ4v) is 3.16. The molecule has 2 atom stereocenters. The lowest BCUT2D eigenvalue weighted by atomic mass is 9.86. The molecule has 1 N–H and O–H groups in total. The standard InChI is InChI=1S/C13H23N3O/c1-15-13(11-14)5-2-3-12(13)4-6-16-7-9-17-10-8-16/h12,15H,2-10H2,1H3. The first-order valence-corrected chi connectivity index (χ1v) is 6.71. The second-order valence-corrected chi connectivity index (χ2v) is 5.16. The molecule has 1 aliphatic carbocycles. The third-order valence-corrected chi connectivity index (χ3v) is 4.36. The smallest absolute Gasteiger partial charge is 0.109 e. The van der Waals surface area contributed by atoms with E-state index in [2.05, 4.69) is 16.3 Å². The van der Waals surface area contributed by atoms with Crippen molar-refractivity contribution in [2.75, 3.05) is 39.9 Å². The van der Waals surface area contributed by atoms with Gasteiger partial charge in [0.1, 0.15) is 5.54 Å². The van der Waals surface area contributed by atoms with Gasteiger partial charge in [-0.25, -0.2) is 0 Å². The summed E-state index contributed by atoms with van der Waals surface area (Å²) in [6.45, 7) is 4.93. The van der Waals surface area contributed by atoms with Crippen molar-refractivity contribution in [2.45, 2.75) is 31.2 Å². The Hall–Kier alpha value is -0.630. The Labute approximate surface area is 104 Å². The first-order chi connectivity index (χ1) is 8.30. The predicted molar refractivity (Wildman–Crippen MR) is 66.6 cm³/mol. The van der Waals surface area contributed by atoms with Gasteiger partial charge in [-0.05, 0) is 38.8 Å². The molecule has 1 saturated carbocycles. The lowest BCUT2D eigenvalue weighted by Crippen LogP contribution is -2.46. The van der Waals surface area contributed by atoms with Crippen LogP contribution in [0.5, 0.6) is 0 Å². The molecule has 17 heavy (non-hydrogen) atoms. The third kappa shape index (κ3) is 2.79. The van der Waals surface area contributed by atoms with E-state index < -0.39 is 0 Å². The molecule has 1 heterocycles. The molecule has 0 aromatic heterocycles. The van der Waals surface area contributed by atoms with E-state index in [0.29, 0.717) is 5.92 Å². The minimum atomic E-state index is -0.258. The molecule has 0 aromatic rings. The first kappa shape index (κ1) is 12.8. The van der Waals surface area contributed by atoms with Crippen molar-refractivity contribution in [3.05, 3.63) is 0 Å². The van der Waals surface area contributed by atoms with E-state index in [9.17, 15) is 5.26 Å². The molecule has 96 valence electrons. The van der Waals surface area contributed by atoms with E-state index in [1.165, 1.54) is 12.8 Å². The molecule has 0 radical (unpaired) electrons. The summed E-state index contributed by atoms with van der Waals surface area (Å²) in [6, 6.07) is 2.51. The van der Waals surface area contributed by atoms with Gasteiger partial charge in [0, 0.05) is 13.1 Å². The fraction of sp³-hybridized carbons (Fsp3) is 0.923. The summed E-state index contributed by atoms with van der Waals surface area (Å²) in [5, 5.41) is 12.6. The number of rotatable bonds is 4. The van der Waals surface area contributed by atoms with Crippen molar-refractivity contribution in [3.8, 4) is 6.07 Å². The van der Waals surface area contributed by atoms with Gasteiger partial charge in [0.05, 0.1) is 19.3 Å². The Morgan fingerprint density at radius 1 is 1.47 bits per heavy atom. The van der Waals surface area contributed by atoms with Gasteiger partial charge >= 0.3 is 0 Å². The first-order valence-electron chi connectivity index (χ1n) is 6.71. The molecule has 0 aromatic carbocycles. The Bertz CT molecular complexity index is 283. The lowest BCUT2D eigenvalue weighted by Gasteiger charge is -2.32. The van der Waals surface area contributed by atoms with Crippen LogP contribution in [0.25, 0.3) is 0 Å². The number of nitrogens with zero attached hydrogens (tertiary/aromatic N) is 2. The molecule has 0 spiro atoms. The number of ether oxygens (including phenoxy) is 1. The Balaban J connectivity index is 1.83. The molecular weight excluding hydrogens is 214 g/mol. The van der Waals surface area contributed by atoms with E-state index in [1.54, 1.807) is 0 Å². The van der Waals surface area contributed by atoms with Crippen molar-refractivity contribution in [3.63, 3.8) is 0 Å². The number of nitrogens with one attached hydrogen (secondary N) is 1. The summed E-state index contributed by atoms with van der Waals surface area (Å²) in [7, 11) is 1.93. The van der Waals surface area contributed by atoms with Gasteiger partial charge in [-0.1, -0.05) is 6.42 Å². The molecule has 0 amide bonds. The van der Waals surface area contributed by atoms with E-state index in [1.807, 2.05) is 7.05 Å². The Morgan fingerprint density at radius 2 is 2.24 bits per heavy atom. The summed E-state index contributed by atoms with van der Waals surface area (Å²) < 4.78 is 5.35. The monoisotopic (exact) mass is 237 g/mol. The molecule has 2 aliphatic rings. The van der Waals surface area contributed by atoms with Crippen molar-refractivity contribution >= 4 is 0 Å². The fourth-order valence-electron chi connectivity index (χ4n) is 3.16. The number of hydrogen-bond donors (Lipinski definition) is 1.